The highest BCUT2D eigenvalue weighted by molar-refractivity contribution is 7.89. The minimum atomic E-state index is -3.91. The summed E-state index contributed by atoms with van der Waals surface area (Å²) in [5.41, 5.74) is 0.540. The molecule has 112 valence electrons. The molecule has 3 N–H and O–H groups in total. The number of benzene rings is 1. The fraction of sp³-hybridized carbons (Fsp3) is 0.462. The quantitative estimate of drug-likeness (QED) is 0.788. The van der Waals surface area contributed by atoms with Crippen LogP contribution in [0.1, 0.15) is 42.1 Å². The van der Waals surface area contributed by atoms with Crippen LogP contribution < -0.4 is 10.5 Å². The van der Waals surface area contributed by atoms with Gasteiger partial charge in [-0.25, -0.2) is 13.6 Å². The Balaban J connectivity index is 2.97. The summed E-state index contributed by atoms with van der Waals surface area (Å²) in [4.78, 5) is 11.8. The Hall–Kier alpha value is -1.11. The van der Waals surface area contributed by atoms with E-state index in [1.807, 2.05) is 0 Å². The number of sulfonamides is 1. The molecule has 0 unspecified atom stereocenters. The Morgan fingerprint density at radius 2 is 2.00 bits per heavy atom. The lowest BCUT2D eigenvalue weighted by molar-refractivity contribution is 0.0952. The summed E-state index contributed by atoms with van der Waals surface area (Å²) < 4.78 is 22.9. The first-order valence-electron chi connectivity index (χ1n) is 6.38. The van der Waals surface area contributed by atoms with Gasteiger partial charge in [0.25, 0.3) is 5.91 Å². The molecule has 0 aromatic heterocycles. The number of hydrogen-bond donors (Lipinski definition) is 2. The van der Waals surface area contributed by atoms with Crippen molar-refractivity contribution in [2.24, 2.45) is 5.14 Å². The highest BCUT2D eigenvalue weighted by Gasteiger charge is 2.18. The molecule has 1 rings (SSSR count). The maximum absolute atomic E-state index is 11.9. The lowest BCUT2D eigenvalue weighted by Gasteiger charge is -2.10. The van der Waals surface area contributed by atoms with E-state index in [0.29, 0.717) is 12.1 Å². The average Bonchev–Trinajstić information content (AvgIpc) is 2.36. The highest BCUT2D eigenvalue weighted by Crippen LogP contribution is 2.24. The molecular weight excluding hydrogens is 300 g/mol. The van der Waals surface area contributed by atoms with Gasteiger partial charge in [-0.3, -0.25) is 4.79 Å². The minimum Gasteiger partial charge on any atom is -0.352 e. The summed E-state index contributed by atoms with van der Waals surface area (Å²) in [5.74, 6) is -0.354. The van der Waals surface area contributed by atoms with E-state index >= 15 is 0 Å². The molecule has 0 fully saturated rings. The van der Waals surface area contributed by atoms with Gasteiger partial charge in [0.15, 0.2) is 0 Å². The molecule has 0 spiro atoms. The van der Waals surface area contributed by atoms with Crippen LogP contribution in [0.3, 0.4) is 0 Å². The molecule has 0 aliphatic carbocycles. The largest absolute Gasteiger partial charge is 0.352 e. The lowest BCUT2D eigenvalue weighted by atomic mass is 10.1. The van der Waals surface area contributed by atoms with Crippen LogP contribution in [0.25, 0.3) is 0 Å². The third kappa shape index (κ3) is 4.47. The molecule has 0 atom stereocenters. The summed E-state index contributed by atoms with van der Waals surface area (Å²) >= 11 is 5.95. The summed E-state index contributed by atoms with van der Waals surface area (Å²) in [6, 6.07) is 2.70. The van der Waals surface area contributed by atoms with Crippen LogP contribution in [-0.4, -0.2) is 20.9 Å². The molecule has 0 saturated carbocycles. The summed E-state index contributed by atoms with van der Waals surface area (Å²) in [5, 5.41) is 8.05. The second-order valence-electron chi connectivity index (χ2n) is 4.59. The van der Waals surface area contributed by atoms with E-state index in [9.17, 15) is 13.2 Å². The predicted octanol–water partition coefficient (Wildman–Crippen LogP) is 2.22. The Morgan fingerprint density at radius 1 is 1.35 bits per heavy atom. The molecule has 0 aliphatic heterocycles. The first-order valence-corrected chi connectivity index (χ1v) is 8.31. The van der Waals surface area contributed by atoms with Crippen LogP contribution >= 0.6 is 11.6 Å². The van der Waals surface area contributed by atoms with E-state index in [1.165, 1.54) is 12.1 Å². The van der Waals surface area contributed by atoms with Crippen molar-refractivity contribution in [1.29, 1.82) is 0 Å². The fourth-order valence-electron chi connectivity index (χ4n) is 1.76. The molecular formula is C13H19ClN2O3S. The zero-order valence-corrected chi connectivity index (χ0v) is 13.1. The van der Waals surface area contributed by atoms with Crippen LogP contribution in [0.15, 0.2) is 17.0 Å². The molecule has 7 heteroatoms. The Bertz CT molecular complexity index is 600. The second kappa shape index (κ2) is 7.06. The second-order valence-corrected chi connectivity index (χ2v) is 6.53. The molecule has 0 aliphatic rings. The van der Waals surface area contributed by atoms with E-state index in [0.717, 1.165) is 19.3 Å². The van der Waals surface area contributed by atoms with Gasteiger partial charge in [-0.15, -0.1) is 0 Å². The zero-order valence-electron chi connectivity index (χ0n) is 11.6. The van der Waals surface area contributed by atoms with Crippen molar-refractivity contribution in [2.75, 3.05) is 6.54 Å². The van der Waals surface area contributed by atoms with Gasteiger partial charge in [0.2, 0.25) is 10.0 Å². The van der Waals surface area contributed by atoms with Crippen molar-refractivity contribution in [3.05, 3.63) is 28.3 Å². The number of carbonyl (C=O) groups excluding carboxylic acids is 1. The van der Waals surface area contributed by atoms with Gasteiger partial charge < -0.3 is 5.32 Å². The monoisotopic (exact) mass is 318 g/mol. The first kappa shape index (κ1) is 16.9. The van der Waals surface area contributed by atoms with Gasteiger partial charge in [-0.1, -0.05) is 31.4 Å². The van der Waals surface area contributed by atoms with Crippen LogP contribution in [0.4, 0.5) is 0 Å². The van der Waals surface area contributed by atoms with Crippen molar-refractivity contribution >= 4 is 27.5 Å². The minimum absolute atomic E-state index is 0.122. The van der Waals surface area contributed by atoms with Crippen molar-refractivity contribution in [3.63, 3.8) is 0 Å². The average molecular weight is 319 g/mol. The number of unbranched alkanes of at least 4 members (excludes halogenated alkanes) is 2. The molecule has 0 heterocycles. The zero-order chi connectivity index (χ0) is 15.3. The van der Waals surface area contributed by atoms with Crippen molar-refractivity contribution in [2.45, 2.75) is 38.0 Å². The molecule has 1 amide bonds. The van der Waals surface area contributed by atoms with Gasteiger partial charge in [-0.05, 0) is 31.0 Å². The molecule has 0 radical (unpaired) electrons. The van der Waals surface area contributed by atoms with Crippen LogP contribution in [0.2, 0.25) is 5.02 Å². The SMILES string of the molecule is CCCCCNC(=O)c1cc(Cl)c(C)c(S(N)(=O)=O)c1. The summed E-state index contributed by atoms with van der Waals surface area (Å²) in [7, 11) is -3.91. The Morgan fingerprint density at radius 3 is 2.55 bits per heavy atom. The maximum Gasteiger partial charge on any atom is 0.251 e. The third-order valence-electron chi connectivity index (χ3n) is 2.93. The number of rotatable bonds is 6. The van der Waals surface area contributed by atoms with E-state index in [-0.39, 0.29) is 21.4 Å². The van der Waals surface area contributed by atoms with Gasteiger partial charge in [0, 0.05) is 17.1 Å². The van der Waals surface area contributed by atoms with Gasteiger partial charge in [-0.2, -0.15) is 0 Å². The lowest BCUT2D eigenvalue weighted by Crippen LogP contribution is -2.25. The number of carbonyl (C=O) groups is 1. The Kier molecular flexibility index (Phi) is 5.98. The van der Waals surface area contributed by atoms with Gasteiger partial charge in [0.05, 0.1) is 4.90 Å². The van der Waals surface area contributed by atoms with Crippen molar-refractivity contribution in [1.82, 2.24) is 5.32 Å². The standard InChI is InChI=1S/C13H19ClN2O3S/c1-3-4-5-6-16-13(17)10-7-11(14)9(2)12(8-10)20(15,18)19/h7-8H,3-6H2,1-2H3,(H,16,17)(H2,15,18,19). The Labute approximate surface area is 124 Å². The molecule has 20 heavy (non-hydrogen) atoms. The molecule has 0 bridgehead atoms. The summed E-state index contributed by atoms with van der Waals surface area (Å²) in [6.07, 6.45) is 2.96. The van der Waals surface area contributed by atoms with Crippen LogP contribution in [0, 0.1) is 6.92 Å². The van der Waals surface area contributed by atoms with E-state index < -0.39 is 10.0 Å². The van der Waals surface area contributed by atoms with Gasteiger partial charge in [0.1, 0.15) is 0 Å². The normalized spacial score (nSPS) is 11.4. The first-order chi connectivity index (χ1) is 9.27. The highest BCUT2D eigenvalue weighted by atomic mass is 35.5. The van der Waals surface area contributed by atoms with E-state index in [1.54, 1.807) is 6.92 Å². The number of hydrogen-bond acceptors (Lipinski definition) is 3. The molecule has 1 aromatic rings. The topological polar surface area (TPSA) is 89.3 Å². The number of nitrogens with one attached hydrogen (secondary N) is 1. The van der Waals surface area contributed by atoms with Crippen LogP contribution in [0.5, 0.6) is 0 Å². The summed E-state index contributed by atoms with van der Waals surface area (Å²) in [6.45, 7) is 4.16. The molecule has 1 aromatic carbocycles. The number of amides is 1. The van der Waals surface area contributed by atoms with Crippen molar-refractivity contribution < 1.29 is 13.2 Å². The van der Waals surface area contributed by atoms with E-state index in [4.69, 9.17) is 16.7 Å². The van der Waals surface area contributed by atoms with Crippen LogP contribution in [-0.2, 0) is 10.0 Å². The predicted molar refractivity (Wildman–Crippen MR) is 79.4 cm³/mol. The molecule has 5 nitrogen and oxygen atoms in total. The number of halogens is 1. The molecule has 0 saturated heterocycles. The third-order valence-corrected chi connectivity index (χ3v) is 4.36. The number of nitrogens with two attached hydrogens (primary N) is 1. The van der Waals surface area contributed by atoms with Crippen molar-refractivity contribution in [3.8, 4) is 0 Å². The smallest absolute Gasteiger partial charge is 0.251 e. The number of primary sulfonamides is 1. The maximum atomic E-state index is 11.9. The van der Waals surface area contributed by atoms with E-state index in [2.05, 4.69) is 12.2 Å². The van der Waals surface area contributed by atoms with Gasteiger partial charge >= 0.3 is 0 Å². The fourth-order valence-corrected chi connectivity index (χ4v) is 2.86.